The number of nitrogen functional groups attached to an aromatic ring is 1. The van der Waals surface area contributed by atoms with Crippen LogP contribution < -0.4 is 16.6 Å². The number of imide groups is 1. The Labute approximate surface area is 148 Å². The van der Waals surface area contributed by atoms with Crippen LogP contribution in [0.25, 0.3) is 16.5 Å². The molecule has 0 unspecified atom stereocenters. The minimum Gasteiger partial charge on any atom is -0.384 e. The smallest absolute Gasteiger partial charge is 0.262 e. The first-order valence-electron chi connectivity index (χ1n) is 8.49. The Morgan fingerprint density at radius 1 is 0.962 bits per heavy atom. The van der Waals surface area contributed by atoms with Crippen LogP contribution >= 0.6 is 0 Å². The van der Waals surface area contributed by atoms with Crippen molar-refractivity contribution in [3.8, 4) is 5.69 Å². The molecular weight excluding hydrogens is 330 g/mol. The van der Waals surface area contributed by atoms with Gasteiger partial charge in [0.25, 0.3) is 17.4 Å². The minimum atomic E-state index is -0.588. The lowest BCUT2D eigenvalue weighted by atomic mass is 9.99. The lowest BCUT2D eigenvalue weighted by molar-refractivity contribution is 0.0880. The molecule has 0 radical (unpaired) electrons. The summed E-state index contributed by atoms with van der Waals surface area (Å²) < 4.78 is 1.32. The van der Waals surface area contributed by atoms with Gasteiger partial charge in [-0.15, -0.1) is 0 Å². The average Bonchev–Trinajstić information content (AvgIpc) is 3.41. The molecule has 2 amide bonds. The van der Waals surface area contributed by atoms with Crippen molar-refractivity contribution in [2.75, 3.05) is 5.73 Å². The molecule has 1 aliphatic carbocycles. The van der Waals surface area contributed by atoms with Gasteiger partial charge < -0.3 is 5.73 Å². The Balaban J connectivity index is 1.84. The predicted octanol–water partition coefficient (Wildman–Crippen LogP) is 2.33. The molecule has 6 heteroatoms. The summed E-state index contributed by atoms with van der Waals surface area (Å²) in [5.74, 6) is -0.614. The number of nitrogens with zero attached hydrogens (tertiary/aromatic N) is 1. The van der Waals surface area contributed by atoms with Crippen LogP contribution in [0.2, 0.25) is 0 Å². The molecule has 0 saturated heterocycles. The van der Waals surface area contributed by atoms with Gasteiger partial charge in [-0.2, -0.15) is 0 Å². The molecule has 26 heavy (non-hydrogen) atoms. The van der Waals surface area contributed by atoms with E-state index in [1.807, 2.05) is 36.4 Å². The van der Waals surface area contributed by atoms with Crippen molar-refractivity contribution in [1.29, 1.82) is 0 Å². The summed E-state index contributed by atoms with van der Waals surface area (Å²) in [6.07, 6.45) is 2.35. The van der Waals surface area contributed by atoms with Crippen LogP contribution in [0, 0.1) is 0 Å². The summed E-state index contributed by atoms with van der Waals surface area (Å²) in [6.45, 7) is 0. The quantitative estimate of drug-likeness (QED) is 0.697. The SMILES string of the molecule is Nc1c2c(cc(=O)n1-c1ccc(C3CC3)c3ccccc13)C(=O)NC2=O. The van der Waals surface area contributed by atoms with Gasteiger partial charge in [-0.25, -0.2) is 0 Å². The number of amides is 2. The fraction of sp³-hybridized carbons (Fsp3) is 0.150. The molecule has 3 N–H and O–H groups in total. The van der Waals surface area contributed by atoms with Gasteiger partial charge in [0.2, 0.25) is 0 Å². The molecule has 5 rings (SSSR count). The van der Waals surface area contributed by atoms with E-state index in [4.69, 9.17) is 5.73 Å². The largest absolute Gasteiger partial charge is 0.384 e. The summed E-state index contributed by atoms with van der Waals surface area (Å²) in [4.78, 5) is 36.6. The van der Waals surface area contributed by atoms with Crippen LogP contribution in [0.3, 0.4) is 0 Å². The fourth-order valence-corrected chi connectivity index (χ4v) is 3.78. The van der Waals surface area contributed by atoms with E-state index in [0.717, 1.165) is 10.8 Å². The third-order valence-electron chi connectivity index (χ3n) is 5.15. The first-order chi connectivity index (χ1) is 12.6. The van der Waals surface area contributed by atoms with Gasteiger partial charge in [0, 0.05) is 11.5 Å². The van der Waals surface area contributed by atoms with Gasteiger partial charge in [-0.1, -0.05) is 30.3 Å². The number of fused-ring (bicyclic) bond motifs is 2. The highest BCUT2D eigenvalue weighted by Crippen LogP contribution is 2.44. The summed E-state index contributed by atoms with van der Waals surface area (Å²) >= 11 is 0. The Kier molecular flexibility index (Phi) is 2.89. The average molecular weight is 345 g/mol. The second-order valence-electron chi connectivity index (χ2n) is 6.77. The van der Waals surface area contributed by atoms with Crippen molar-refractivity contribution in [2.45, 2.75) is 18.8 Å². The number of pyridine rings is 1. The van der Waals surface area contributed by atoms with E-state index in [-0.39, 0.29) is 16.9 Å². The number of carbonyl (C=O) groups is 2. The van der Waals surface area contributed by atoms with Gasteiger partial charge in [-0.05, 0) is 35.8 Å². The second-order valence-corrected chi connectivity index (χ2v) is 6.77. The molecule has 6 nitrogen and oxygen atoms in total. The first-order valence-corrected chi connectivity index (χ1v) is 8.49. The lowest BCUT2D eigenvalue weighted by Gasteiger charge is -2.16. The standard InChI is InChI=1S/C20H15N3O3/c21-18-17-14(19(25)22-20(17)26)9-16(24)23(18)15-8-7-11(10-5-6-10)12-3-1-2-4-13(12)15/h1-4,7-10H,5-6,21H2,(H,22,25,26). The monoisotopic (exact) mass is 345 g/mol. The highest BCUT2D eigenvalue weighted by molar-refractivity contribution is 6.23. The maximum Gasteiger partial charge on any atom is 0.262 e. The lowest BCUT2D eigenvalue weighted by Crippen LogP contribution is -2.24. The number of hydrogen-bond acceptors (Lipinski definition) is 4. The molecule has 2 heterocycles. The van der Waals surface area contributed by atoms with Crippen molar-refractivity contribution < 1.29 is 9.59 Å². The summed E-state index contributed by atoms with van der Waals surface area (Å²) in [5.41, 5.74) is 7.71. The Morgan fingerprint density at radius 2 is 1.69 bits per heavy atom. The zero-order valence-electron chi connectivity index (χ0n) is 13.8. The van der Waals surface area contributed by atoms with Gasteiger partial charge >= 0.3 is 0 Å². The number of hydrogen-bond donors (Lipinski definition) is 2. The molecule has 0 spiro atoms. The van der Waals surface area contributed by atoms with Crippen molar-refractivity contribution >= 4 is 28.4 Å². The molecular formula is C20H15N3O3. The zero-order chi connectivity index (χ0) is 18.0. The van der Waals surface area contributed by atoms with Gasteiger partial charge in [0.1, 0.15) is 5.82 Å². The van der Waals surface area contributed by atoms with E-state index in [1.54, 1.807) is 0 Å². The van der Waals surface area contributed by atoms with E-state index in [9.17, 15) is 14.4 Å². The van der Waals surface area contributed by atoms with Crippen molar-refractivity contribution in [2.24, 2.45) is 0 Å². The number of carbonyl (C=O) groups excluding carboxylic acids is 2. The van der Waals surface area contributed by atoms with Crippen LogP contribution in [0.1, 0.15) is 45.0 Å². The second kappa shape index (κ2) is 5.05. The highest BCUT2D eigenvalue weighted by atomic mass is 16.2. The van der Waals surface area contributed by atoms with Crippen LogP contribution in [0.5, 0.6) is 0 Å². The first kappa shape index (κ1) is 14.9. The molecule has 0 bridgehead atoms. The third-order valence-corrected chi connectivity index (χ3v) is 5.15. The number of aromatic nitrogens is 1. The Hall–Kier alpha value is -3.41. The number of benzene rings is 2. The van der Waals surface area contributed by atoms with Crippen molar-refractivity contribution in [3.05, 3.63) is 69.5 Å². The van der Waals surface area contributed by atoms with Crippen molar-refractivity contribution in [3.63, 3.8) is 0 Å². The van der Waals surface area contributed by atoms with Gasteiger partial charge in [0.05, 0.1) is 16.8 Å². The van der Waals surface area contributed by atoms with Crippen LogP contribution in [-0.4, -0.2) is 16.4 Å². The highest BCUT2D eigenvalue weighted by Gasteiger charge is 2.32. The van der Waals surface area contributed by atoms with Crippen LogP contribution in [-0.2, 0) is 0 Å². The maximum absolute atomic E-state index is 12.7. The number of nitrogens with two attached hydrogens (primary N) is 1. The summed E-state index contributed by atoms with van der Waals surface area (Å²) in [5, 5.41) is 4.17. The van der Waals surface area contributed by atoms with Crippen LogP contribution in [0.15, 0.2) is 47.3 Å². The predicted molar refractivity (Wildman–Crippen MR) is 97.7 cm³/mol. The maximum atomic E-state index is 12.7. The summed E-state index contributed by atoms with van der Waals surface area (Å²) in [6, 6.07) is 12.9. The van der Waals surface area contributed by atoms with Crippen molar-refractivity contribution in [1.82, 2.24) is 9.88 Å². The molecule has 1 aliphatic heterocycles. The van der Waals surface area contributed by atoms with E-state index >= 15 is 0 Å². The number of anilines is 1. The molecule has 128 valence electrons. The Bertz CT molecular complexity index is 1190. The van der Waals surface area contributed by atoms with Crippen LogP contribution in [0.4, 0.5) is 5.82 Å². The molecule has 1 saturated carbocycles. The molecule has 2 aromatic carbocycles. The Morgan fingerprint density at radius 3 is 2.42 bits per heavy atom. The topological polar surface area (TPSA) is 94.2 Å². The van der Waals surface area contributed by atoms with Gasteiger partial charge in [0.15, 0.2) is 0 Å². The van der Waals surface area contributed by atoms with E-state index in [2.05, 4.69) is 5.32 Å². The van der Waals surface area contributed by atoms with E-state index in [1.165, 1.54) is 29.0 Å². The minimum absolute atomic E-state index is 0.0137. The number of rotatable bonds is 2. The molecule has 0 atom stereocenters. The fourth-order valence-electron chi connectivity index (χ4n) is 3.78. The van der Waals surface area contributed by atoms with Gasteiger partial charge in [-0.3, -0.25) is 24.3 Å². The molecule has 2 aliphatic rings. The number of nitrogens with one attached hydrogen (secondary N) is 1. The van der Waals surface area contributed by atoms with E-state index < -0.39 is 17.4 Å². The molecule has 1 aromatic heterocycles. The molecule has 3 aromatic rings. The van der Waals surface area contributed by atoms with E-state index in [0.29, 0.717) is 11.6 Å². The molecule has 1 fully saturated rings. The third kappa shape index (κ3) is 1.95. The zero-order valence-corrected chi connectivity index (χ0v) is 13.8. The normalized spacial score (nSPS) is 16.0. The summed E-state index contributed by atoms with van der Waals surface area (Å²) in [7, 11) is 0.